The van der Waals surface area contributed by atoms with Gasteiger partial charge >= 0.3 is 0 Å². The van der Waals surface area contributed by atoms with Crippen LogP contribution in [0, 0.1) is 0 Å². The fraction of sp³-hybridized carbons (Fsp3) is 0.0455. The Hall–Kier alpha value is -8.79. The molecule has 0 saturated carbocycles. The molecule has 322 valence electrons. The lowest BCUT2D eigenvalue weighted by molar-refractivity contribution is 0.769. The van der Waals surface area contributed by atoms with E-state index in [1.54, 1.807) is 0 Å². The molecule has 0 fully saturated rings. The van der Waals surface area contributed by atoms with Crippen molar-refractivity contribution in [2.24, 2.45) is 0 Å². The number of aromatic nitrogens is 3. The molecule has 0 unspecified atom stereocenters. The average Bonchev–Trinajstić information content (AvgIpc) is 3.72. The second-order valence-electron chi connectivity index (χ2n) is 18.5. The summed E-state index contributed by atoms with van der Waals surface area (Å²) in [6.07, 6.45) is 6.47. The highest BCUT2D eigenvalue weighted by atomic mass is 14.8. The summed E-state index contributed by atoms with van der Waals surface area (Å²) < 4.78 is 0. The maximum atomic E-state index is 5.57. The van der Waals surface area contributed by atoms with Crippen LogP contribution in [-0.2, 0) is 11.8 Å². The number of hydrogen-bond acceptors (Lipinski definition) is 3. The van der Waals surface area contributed by atoms with Gasteiger partial charge < -0.3 is 0 Å². The number of benzene rings is 9. The smallest absolute Gasteiger partial charge is 0.0972 e. The van der Waals surface area contributed by atoms with Gasteiger partial charge in [0.2, 0.25) is 0 Å². The van der Waals surface area contributed by atoms with E-state index in [2.05, 4.69) is 231 Å². The Balaban J connectivity index is 0.931. The van der Waals surface area contributed by atoms with Crippen LogP contribution in [0.1, 0.15) is 39.9 Å². The largest absolute Gasteiger partial charge is 0.247 e. The third kappa shape index (κ3) is 6.10. The average molecular weight is 878 g/mol. The lowest BCUT2D eigenvalue weighted by Crippen LogP contribution is -2.28. The highest BCUT2D eigenvalue weighted by Gasteiger charge is 2.46. The molecule has 14 rings (SSSR count). The van der Waals surface area contributed by atoms with Crippen LogP contribution in [-0.4, -0.2) is 15.0 Å². The molecule has 0 N–H and O–H groups in total. The van der Waals surface area contributed by atoms with E-state index in [4.69, 9.17) is 15.0 Å². The van der Waals surface area contributed by atoms with Gasteiger partial charge in [0.1, 0.15) is 0 Å². The summed E-state index contributed by atoms with van der Waals surface area (Å²) in [6, 6.07) is 81.8. The van der Waals surface area contributed by atoms with Gasteiger partial charge in [0.05, 0.1) is 39.2 Å². The van der Waals surface area contributed by atoms with E-state index in [1.807, 2.05) is 6.07 Å². The summed E-state index contributed by atoms with van der Waals surface area (Å²) in [7, 11) is 0. The van der Waals surface area contributed by atoms with Crippen molar-refractivity contribution in [2.45, 2.75) is 18.3 Å². The van der Waals surface area contributed by atoms with Gasteiger partial charge in [-0.2, -0.15) is 0 Å². The number of rotatable bonds is 6. The van der Waals surface area contributed by atoms with Gasteiger partial charge in [-0.25, -0.2) is 15.0 Å². The lowest BCUT2D eigenvalue weighted by atomic mass is 9.67. The number of fused-ring (bicyclic) bond motifs is 10. The van der Waals surface area contributed by atoms with Crippen LogP contribution < -0.4 is 0 Å². The zero-order valence-corrected chi connectivity index (χ0v) is 37.8. The molecule has 2 aliphatic rings. The number of pyridine rings is 3. The molecule has 0 amide bonds. The van der Waals surface area contributed by atoms with Gasteiger partial charge in [-0.15, -0.1) is 0 Å². The molecule has 0 atom stereocenters. The predicted molar refractivity (Wildman–Crippen MR) is 286 cm³/mol. The second-order valence-corrected chi connectivity index (χ2v) is 18.5. The van der Waals surface area contributed by atoms with Crippen LogP contribution in [0.15, 0.2) is 231 Å². The maximum Gasteiger partial charge on any atom is 0.0972 e. The summed E-state index contributed by atoms with van der Waals surface area (Å²) >= 11 is 0. The Morgan fingerprint density at radius 2 is 0.957 bits per heavy atom. The van der Waals surface area contributed by atoms with Crippen LogP contribution in [0.3, 0.4) is 0 Å². The first-order valence-electron chi connectivity index (χ1n) is 24.0. The molecule has 0 bridgehead atoms. The fourth-order valence-corrected chi connectivity index (χ4v) is 11.7. The molecule has 3 heteroatoms. The molecule has 69 heavy (non-hydrogen) atoms. The van der Waals surface area contributed by atoms with Crippen molar-refractivity contribution in [3.8, 4) is 56.0 Å². The van der Waals surface area contributed by atoms with E-state index in [0.29, 0.717) is 0 Å². The van der Waals surface area contributed by atoms with E-state index in [1.165, 1.54) is 60.7 Å². The number of nitrogens with zero attached hydrogens (tertiary/aromatic N) is 3. The third-order valence-electron chi connectivity index (χ3n) is 14.8. The Kier molecular flexibility index (Phi) is 8.93. The number of hydrogen-bond donors (Lipinski definition) is 0. The standard InChI is InChI=1S/C66H43N3/c1-4-17-42(18-5-1)60-37-33-43-31-32-44-34-38-62(69-65(44)64(43)67-60)54-36-35-49(50-25-10-11-26-51(50)54)45-19-16-20-46(39-45)63-57-40-56-52-27-12-14-29-58(52)66(47-21-6-2-7-22-47,48-23-8-3-9-24-48)59(56)41-55(57)53-28-13-15-30-61(53)68-63/h1-12,14-27,29-41H,13,28H2. The molecule has 0 aliphatic heterocycles. The van der Waals surface area contributed by atoms with Gasteiger partial charge in [0, 0.05) is 32.8 Å². The SMILES string of the molecule is C1=Cc2nc(-c3cccc(-c4ccc(-c5ccc6ccc7ccc(-c8ccccc8)nc7c6n5)c5ccccc45)c3)c3cc4c(cc3c2CC1)C(c1ccccc1)(c1ccccc1)c1ccccc1-4. The Morgan fingerprint density at radius 1 is 0.362 bits per heavy atom. The monoisotopic (exact) mass is 877 g/mol. The molecule has 3 nitrogen and oxygen atoms in total. The van der Waals surface area contributed by atoms with E-state index in [-0.39, 0.29) is 0 Å². The zero-order valence-electron chi connectivity index (χ0n) is 37.8. The second kappa shape index (κ2) is 15.7. The minimum absolute atomic E-state index is 0.477. The summed E-state index contributed by atoms with van der Waals surface area (Å²) in [5, 5.41) is 6.95. The van der Waals surface area contributed by atoms with Crippen molar-refractivity contribution in [1.82, 2.24) is 15.0 Å². The van der Waals surface area contributed by atoms with Crippen LogP contribution in [0.25, 0.3) is 105 Å². The summed E-state index contributed by atoms with van der Waals surface area (Å²) in [4.78, 5) is 16.1. The highest BCUT2D eigenvalue weighted by Crippen LogP contribution is 2.57. The van der Waals surface area contributed by atoms with E-state index in [0.717, 1.165) is 85.1 Å². The molecule has 9 aromatic carbocycles. The molecule has 0 spiro atoms. The fourth-order valence-electron chi connectivity index (χ4n) is 11.7. The predicted octanol–water partition coefficient (Wildman–Crippen LogP) is 16.5. The van der Waals surface area contributed by atoms with Gasteiger partial charge in [-0.3, -0.25) is 0 Å². The topological polar surface area (TPSA) is 38.7 Å². The minimum Gasteiger partial charge on any atom is -0.247 e. The number of aryl methyl sites for hydroxylation is 1. The van der Waals surface area contributed by atoms with Gasteiger partial charge in [-0.05, 0) is 115 Å². The Morgan fingerprint density at radius 3 is 1.71 bits per heavy atom. The van der Waals surface area contributed by atoms with Crippen molar-refractivity contribution >= 4 is 49.4 Å². The van der Waals surface area contributed by atoms with Gasteiger partial charge in [0.25, 0.3) is 0 Å². The molecule has 0 radical (unpaired) electrons. The molecule has 0 saturated heterocycles. The molecule has 2 aliphatic carbocycles. The van der Waals surface area contributed by atoms with Crippen molar-refractivity contribution in [2.75, 3.05) is 0 Å². The lowest BCUT2D eigenvalue weighted by Gasteiger charge is -2.34. The quantitative estimate of drug-likeness (QED) is 0.156. The summed E-state index contributed by atoms with van der Waals surface area (Å²) in [6.45, 7) is 0. The van der Waals surface area contributed by atoms with Crippen LogP contribution in [0.4, 0.5) is 0 Å². The molecule has 3 heterocycles. The first-order valence-corrected chi connectivity index (χ1v) is 24.0. The van der Waals surface area contributed by atoms with Crippen molar-refractivity contribution in [3.05, 3.63) is 264 Å². The molecule has 12 aromatic rings. The Labute approximate surface area is 400 Å². The van der Waals surface area contributed by atoms with Crippen LogP contribution in [0.5, 0.6) is 0 Å². The molecule has 3 aromatic heterocycles. The molecular formula is C66H43N3. The van der Waals surface area contributed by atoms with E-state index in [9.17, 15) is 0 Å². The van der Waals surface area contributed by atoms with Crippen LogP contribution in [0.2, 0.25) is 0 Å². The summed E-state index contributed by atoms with van der Waals surface area (Å²) in [5.74, 6) is 0. The normalized spacial score (nSPS) is 13.4. The first-order chi connectivity index (χ1) is 34.2. The van der Waals surface area contributed by atoms with Crippen molar-refractivity contribution in [1.29, 1.82) is 0 Å². The maximum absolute atomic E-state index is 5.57. The number of allylic oxidation sites excluding steroid dienone is 1. The molecular weight excluding hydrogens is 835 g/mol. The summed E-state index contributed by atoms with van der Waals surface area (Å²) in [5.41, 5.74) is 19.9. The zero-order chi connectivity index (χ0) is 45.5. The van der Waals surface area contributed by atoms with E-state index < -0.39 is 5.41 Å². The first kappa shape index (κ1) is 39.4. The van der Waals surface area contributed by atoms with Gasteiger partial charge in [0.15, 0.2) is 0 Å². The van der Waals surface area contributed by atoms with Crippen molar-refractivity contribution < 1.29 is 0 Å². The van der Waals surface area contributed by atoms with Gasteiger partial charge in [-0.1, -0.05) is 200 Å². The third-order valence-corrected chi connectivity index (χ3v) is 14.8. The van der Waals surface area contributed by atoms with Crippen molar-refractivity contribution in [3.63, 3.8) is 0 Å². The minimum atomic E-state index is -0.477. The highest BCUT2D eigenvalue weighted by molar-refractivity contribution is 6.09. The Bertz CT molecular complexity index is 4020. The van der Waals surface area contributed by atoms with E-state index >= 15 is 0 Å². The van der Waals surface area contributed by atoms with Crippen LogP contribution >= 0.6 is 0 Å².